The van der Waals surface area contributed by atoms with Gasteiger partial charge in [0.1, 0.15) is 23.0 Å². The first kappa shape index (κ1) is 25.6. The molecule has 0 bridgehead atoms. The molecule has 41 heavy (non-hydrogen) atoms. The highest BCUT2D eigenvalue weighted by Gasteiger charge is 2.49. The summed E-state index contributed by atoms with van der Waals surface area (Å²) in [5, 5.41) is 8.28. The average molecular weight is 548 g/mol. The number of rotatable bonds is 9. The van der Waals surface area contributed by atoms with E-state index in [4.69, 9.17) is 9.40 Å². The first-order chi connectivity index (χ1) is 19.8. The van der Waals surface area contributed by atoms with Crippen LogP contribution in [0.3, 0.4) is 0 Å². The molecule has 2 saturated carbocycles. The molecule has 0 spiro atoms. The largest absolute Gasteiger partial charge is 0.455 e. The number of benzene rings is 3. The van der Waals surface area contributed by atoms with E-state index in [1.807, 2.05) is 50.2 Å². The van der Waals surface area contributed by atoms with E-state index in [2.05, 4.69) is 10.2 Å². The van der Waals surface area contributed by atoms with Crippen LogP contribution in [-0.4, -0.2) is 26.7 Å². The second kappa shape index (κ2) is 9.61. The van der Waals surface area contributed by atoms with Crippen molar-refractivity contribution in [2.75, 3.05) is 0 Å². The van der Waals surface area contributed by atoms with Crippen molar-refractivity contribution < 1.29 is 18.4 Å². The summed E-state index contributed by atoms with van der Waals surface area (Å²) >= 11 is 0. The fourth-order valence-corrected chi connectivity index (χ4v) is 5.72. The molecular formula is C34H30FN3O3. The number of aromatic amines is 1. The second-order valence-corrected chi connectivity index (χ2v) is 11.5. The van der Waals surface area contributed by atoms with Crippen LogP contribution in [0.5, 0.6) is 0 Å². The Hall–Kier alpha value is -4.39. The minimum absolute atomic E-state index is 0.0487. The number of ketones is 2. The zero-order chi connectivity index (χ0) is 28.3. The first-order valence-electron chi connectivity index (χ1n) is 14.3. The Balaban J connectivity index is 1.23. The van der Waals surface area contributed by atoms with Gasteiger partial charge < -0.3 is 4.42 Å². The summed E-state index contributed by atoms with van der Waals surface area (Å²) in [6.07, 6.45) is 4.83. The van der Waals surface area contributed by atoms with Crippen molar-refractivity contribution in [3.05, 3.63) is 94.8 Å². The number of hydrogen-bond acceptors (Lipinski definition) is 5. The van der Waals surface area contributed by atoms with Crippen LogP contribution >= 0.6 is 0 Å². The molecule has 0 radical (unpaired) electrons. The van der Waals surface area contributed by atoms with Crippen LogP contribution in [0.1, 0.15) is 89.3 Å². The van der Waals surface area contributed by atoms with Crippen molar-refractivity contribution in [2.24, 2.45) is 0 Å². The normalized spacial score (nSPS) is 15.8. The Morgan fingerprint density at radius 3 is 2.46 bits per heavy atom. The van der Waals surface area contributed by atoms with Crippen LogP contribution in [-0.2, 0) is 5.41 Å². The van der Waals surface area contributed by atoms with Crippen molar-refractivity contribution >= 4 is 22.5 Å². The maximum atomic E-state index is 13.6. The number of hydrogen-bond donors (Lipinski definition) is 1. The third-order valence-electron chi connectivity index (χ3n) is 8.56. The SMILES string of the molecule is CCC(=O)c1c(-c2ccc(F)cc2)oc2ccc(-c3cc(C(=O)CC4(c5n[nH]c(C6CC6)n5)CC4)ccc3C)cc12. The number of aryl methyl sites for hydroxylation is 1. The van der Waals surface area contributed by atoms with Gasteiger partial charge in [0.25, 0.3) is 0 Å². The lowest BCUT2D eigenvalue weighted by Crippen LogP contribution is -2.15. The van der Waals surface area contributed by atoms with E-state index in [1.165, 1.54) is 12.1 Å². The molecule has 2 heterocycles. The number of Topliss-reactive ketones (excluding diaryl/α,β-unsaturated/α-hetero) is 2. The predicted molar refractivity (Wildman–Crippen MR) is 155 cm³/mol. The van der Waals surface area contributed by atoms with Gasteiger partial charge in [0.15, 0.2) is 17.4 Å². The molecule has 2 aliphatic rings. The van der Waals surface area contributed by atoms with E-state index >= 15 is 0 Å². The monoisotopic (exact) mass is 547 g/mol. The minimum atomic E-state index is -0.350. The van der Waals surface area contributed by atoms with Gasteiger partial charge in [0.2, 0.25) is 0 Å². The number of carbonyl (C=O) groups excluding carboxylic acids is 2. The zero-order valence-electron chi connectivity index (χ0n) is 23.1. The molecule has 2 aromatic heterocycles. The van der Waals surface area contributed by atoms with Crippen molar-refractivity contribution in [3.63, 3.8) is 0 Å². The first-order valence-corrected chi connectivity index (χ1v) is 14.3. The summed E-state index contributed by atoms with van der Waals surface area (Å²) in [6.45, 7) is 3.83. The predicted octanol–water partition coefficient (Wildman–Crippen LogP) is 8.11. The van der Waals surface area contributed by atoms with Crippen LogP contribution < -0.4 is 0 Å². The molecule has 0 aliphatic heterocycles. The lowest BCUT2D eigenvalue weighted by Gasteiger charge is -2.13. The average Bonchev–Trinajstić information content (AvgIpc) is 3.90. The number of nitrogens with one attached hydrogen (secondary N) is 1. The molecule has 0 saturated heterocycles. The highest BCUT2D eigenvalue weighted by molar-refractivity contribution is 6.12. The highest BCUT2D eigenvalue weighted by Crippen LogP contribution is 2.51. The van der Waals surface area contributed by atoms with Crippen LogP contribution in [0.2, 0.25) is 0 Å². The molecule has 3 aromatic carbocycles. The van der Waals surface area contributed by atoms with Crippen LogP contribution in [0.25, 0.3) is 33.4 Å². The minimum Gasteiger partial charge on any atom is -0.455 e. The maximum Gasteiger partial charge on any atom is 0.167 e. The van der Waals surface area contributed by atoms with E-state index in [0.717, 1.165) is 54.0 Å². The molecule has 0 unspecified atom stereocenters. The molecule has 5 aromatic rings. The van der Waals surface area contributed by atoms with Crippen LogP contribution in [0.15, 0.2) is 65.1 Å². The summed E-state index contributed by atoms with van der Waals surface area (Å²) < 4.78 is 19.7. The van der Waals surface area contributed by atoms with Gasteiger partial charge in [-0.2, -0.15) is 5.10 Å². The topological polar surface area (TPSA) is 88.9 Å². The fraction of sp³-hybridized carbons (Fsp3) is 0.294. The van der Waals surface area contributed by atoms with Gasteiger partial charge in [-0.3, -0.25) is 14.7 Å². The third kappa shape index (κ3) is 4.59. The van der Waals surface area contributed by atoms with Gasteiger partial charge >= 0.3 is 0 Å². The van der Waals surface area contributed by atoms with E-state index in [0.29, 0.717) is 52.2 Å². The molecule has 7 rings (SSSR count). The maximum absolute atomic E-state index is 13.6. The molecule has 6 nitrogen and oxygen atoms in total. The van der Waals surface area contributed by atoms with Crippen LogP contribution in [0.4, 0.5) is 4.39 Å². The molecule has 2 aliphatic carbocycles. The number of carbonyl (C=O) groups is 2. The van der Waals surface area contributed by atoms with E-state index < -0.39 is 0 Å². The van der Waals surface area contributed by atoms with Gasteiger partial charge in [0.05, 0.1) is 5.56 Å². The summed E-state index contributed by atoms with van der Waals surface area (Å²) in [7, 11) is 0. The molecule has 1 N–H and O–H groups in total. The number of aromatic nitrogens is 3. The molecule has 0 amide bonds. The lowest BCUT2D eigenvalue weighted by atomic mass is 9.91. The third-order valence-corrected chi connectivity index (χ3v) is 8.56. The quantitative estimate of drug-likeness (QED) is 0.188. The van der Waals surface area contributed by atoms with Gasteiger partial charge in [-0.05, 0) is 91.8 Å². The molecule has 7 heteroatoms. The number of furan rings is 1. The number of fused-ring (bicyclic) bond motifs is 1. The van der Waals surface area contributed by atoms with Gasteiger partial charge in [-0.1, -0.05) is 25.1 Å². The fourth-order valence-electron chi connectivity index (χ4n) is 5.72. The van der Waals surface area contributed by atoms with E-state index in [9.17, 15) is 14.0 Å². The Morgan fingerprint density at radius 1 is 1.00 bits per heavy atom. The second-order valence-electron chi connectivity index (χ2n) is 11.5. The van der Waals surface area contributed by atoms with Gasteiger partial charge in [-0.25, -0.2) is 9.37 Å². The summed E-state index contributed by atoms with van der Waals surface area (Å²) in [5.41, 5.74) is 4.95. The van der Waals surface area contributed by atoms with E-state index in [-0.39, 0.29) is 22.8 Å². The summed E-state index contributed by atoms with van der Waals surface area (Å²) in [6, 6.07) is 17.5. The Labute approximate surface area is 237 Å². The number of H-pyrrole nitrogens is 1. The Bertz CT molecular complexity index is 1820. The summed E-state index contributed by atoms with van der Waals surface area (Å²) in [4.78, 5) is 31.4. The van der Waals surface area contributed by atoms with Crippen molar-refractivity contribution in [2.45, 2.75) is 63.7 Å². The smallest absolute Gasteiger partial charge is 0.167 e. The summed E-state index contributed by atoms with van der Waals surface area (Å²) in [5.74, 6) is 2.34. The Morgan fingerprint density at radius 2 is 1.76 bits per heavy atom. The standard InChI is InChI=1S/C34H30FN3O3/c1-3-27(39)30-26-16-22(10-13-29(26)41-31(30)20-8-11-24(35)12-9-20)25-17-23(5-4-19(25)2)28(40)18-34(14-15-34)33-36-32(37-38-33)21-6-7-21/h4-5,8-13,16-17,21H,3,6-7,14-15,18H2,1-2H3,(H,36,37,38). The molecule has 0 atom stereocenters. The van der Waals surface area contributed by atoms with Crippen molar-refractivity contribution in [3.8, 4) is 22.5 Å². The lowest BCUT2D eigenvalue weighted by molar-refractivity contribution is 0.0965. The molecule has 206 valence electrons. The van der Waals surface area contributed by atoms with E-state index in [1.54, 1.807) is 12.1 Å². The van der Waals surface area contributed by atoms with Crippen molar-refractivity contribution in [1.82, 2.24) is 15.2 Å². The number of halogens is 1. The van der Waals surface area contributed by atoms with Gasteiger partial charge in [0, 0.05) is 40.7 Å². The molecular weight excluding hydrogens is 517 g/mol. The number of nitrogens with zero attached hydrogens (tertiary/aromatic N) is 2. The van der Waals surface area contributed by atoms with Crippen LogP contribution in [0, 0.1) is 12.7 Å². The van der Waals surface area contributed by atoms with Crippen molar-refractivity contribution in [1.29, 1.82) is 0 Å². The zero-order valence-corrected chi connectivity index (χ0v) is 23.1. The Kier molecular flexibility index (Phi) is 6.00. The van der Waals surface area contributed by atoms with Gasteiger partial charge in [-0.15, -0.1) is 0 Å². The molecule has 2 fully saturated rings. The highest BCUT2D eigenvalue weighted by atomic mass is 19.1.